The number of nitrogens with one attached hydrogen (secondary N) is 2. The van der Waals surface area contributed by atoms with Gasteiger partial charge in [-0.3, -0.25) is 4.79 Å². The maximum Gasteiger partial charge on any atom is 0.274 e. The molecule has 1 atom stereocenters. The van der Waals surface area contributed by atoms with E-state index in [-0.39, 0.29) is 12.5 Å². The Labute approximate surface area is 157 Å². The Morgan fingerprint density at radius 2 is 2.00 bits per heavy atom. The van der Waals surface area contributed by atoms with Gasteiger partial charge in [0.15, 0.2) is 0 Å². The summed E-state index contributed by atoms with van der Waals surface area (Å²) in [6.07, 6.45) is 1.60. The predicted octanol–water partition coefficient (Wildman–Crippen LogP) is 0.537. The average Bonchev–Trinajstić information content (AvgIpc) is 2.61. The average molecular weight is 398 g/mol. The van der Waals surface area contributed by atoms with E-state index in [0.717, 1.165) is 11.3 Å². The van der Waals surface area contributed by atoms with E-state index in [4.69, 9.17) is 10.9 Å². The standard InChI is InChI=1S/C16H23N5O3S2/c17-13(8-4-5-9-19-26(18,23)24)16(22)21-15-11-25-10-14(20-15)12-6-2-1-3-7-12/h1-3,6-7,10,13,19H,4-5,8-9,11,17H2,(H2,18,23,24)(H,20,21,22)/t13-/m1/s1. The molecule has 10 heteroatoms. The maximum atomic E-state index is 12.2. The van der Waals surface area contributed by atoms with Crippen molar-refractivity contribution < 1.29 is 13.2 Å². The number of amides is 1. The SMILES string of the molecule is N[C@H](CCCCNS(N)(=O)=O)C(=O)NC1=NC(c2ccccc2)=CSC1. The van der Waals surface area contributed by atoms with E-state index in [1.807, 2.05) is 35.7 Å². The molecule has 6 N–H and O–H groups in total. The molecule has 142 valence electrons. The number of thioether (sulfide) groups is 1. The first-order valence-corrected chi connectivity index (χ1v) is 10.7. The number of rotatable bonds is 8. The molecule has 1 aromatic carbocycles. The van der Waals surface area contributed by atoms with Crippen molar-refractivity contribution in [2.45, 2.75) is 25.3 Å². The summed E-state index contributed by atoms with van der Waals surface area (Å²) in [5.41, 5.74) is 7.69. The lowest BCUT2D eigenvalue weighted by molar-refractivity contribution is -0.121. The van der Waals surface area contributed by atoms with Gasteiger partial charge >= 0.3 is 0 Å². The summed E-state index contributed by atoms with van der Waals surface area (Å²) in [6, 6.07) is 9.05. The molecule has 1 amide bonds. The first kappa shape index (κ1) is 20.6. The monoisotopic (exact) mass is 397 g/mol. The zero-order valence-electron chi connectivity index (χ0n) is 14.2. The highest BCUT2D eigenvalue weighted by molar-refractivity contribution is 8.03. The molecule has 1 heterocycles. The van der Waals surface area contributed by atoms with E-state index in [0.29, 0.717) is 30.9 Å². The molecule has 0 aromatic heterocycles. The fourth-order valence-electron chi connectivity index (χ4n) is 2.28. The second-order valence-electron chi connectivity index (χ2n) is 5.77. The number of nitrogens with zero attached hydrogens (tertiary/aromatic N) is 1. The van der Waals surface area contributed by atoms with Crippen molar-refractivity contribution in [1.82, 2.24) is 10.0 Å². The van der Waals surface area contributed by atoms with Crippen molar-refractivity contribution in [1.29, 1.82) is 0 Å². The van der Waals surface area contributed by atoms with Gasteiger partial charge in [0.05, 0.1) is 17.5 Å². The number of unbranched alkanes of at least 4 members (excludes halogenated alkanes) is 1. The van der Waals surface area contributed by atoms with Gasteiger partial charge in [-0.2, -0.15) is 8.42 Å². The van der Waals surface area contributed by atoms with E-state index < -0.39 is 16.3 Å². The van der Waals surface area contributed by atoms with Gasteiger partial charge < -0.3 is 11.1 Å². The summed E-state index contributed by atoms with van der Waals surface area (Å²) in [6.45, 7) is 0.224. The highest BCUT2D eigenvalue weighted by atomic mass is 32.2. The summed E-state index contributed by atoms with van der Waals surface area (Å²) in [4.78, 5) is 16.7. The zero-order chi connectivity index (χ0) is 19.0. The van der Waals surface area contributed by atoms with Gasteiger partial charge in [0.25, 0.3) is 10.2 Å². The summed E-state index contributed by atoms with van der Waals surface area (Å²) in [5, 5.41) is 9.57. The smallest absolute Gasteiger partial charge is 0.274 e. The lowest BCUT2D eigenvalue weighted by Gasteiger charge is -2.16. The quantitative estimate of drug-likeness (QED) is 0.474. The Morgan fingerprint density at radius 1 is 1.27 bits per heavy atom. The molecule has 1 aliphatic heterocycles. The van der Waals surface area contributed by atoms with Crippen LogP contribution in [0.4, 0.5) is 0 Å². The van der Waals surface area contributed by atoms with E-state index >= 15 is 0 Å². The van der Waals surface area contributed by atoms with Gasteiger partial charge in [-0.1, -0.05) is 36.8 Å². The van der Waals surface area contributed by atoms with E-state index in [2.05, 4.69) is 15.0 Å². The van der Waals surface area contributed by atoms with Crippen LogP contribution in [0.2, 0.25) is 0 Å². The van der Waals surface area contributed by atoms with Gasteiger partial charge in [0.2, 0.25) is 5.91 Å². The van der Waals surface area contributed by atoms with Crippen LogP contribution in [0.1, 0.15) is 24.8 Å². The molecule has 1 aromatic rings. The van der Waals surface area contributed by atoms with Crippen LogP contribution in [0.25, 0.3) is 5.70 Å². The molecule has 26 heavy (non-hydrogen) atoms. The highest BCUT2D eigenvalue weighted by Crippen LogP contribution is 2.23. The van der Waals surface area contributed by atoms with Crippen molar-refractivity contribution >= 4 is 39.4 Å². The van der Waals surface area contributed by atoms with Crippen LogP contribution in [-0.4, -0.2) is 38.5 Å². The summed E-state index contributed by atoms with van der Waals surface area (Å²) < 4.78 is 23.7. The maximum absolute atomic E-state index is 12.2. The molecule has 0 radical (unpaired) electrons. The van der Waals surface area contributed by atoms with Crippen molar-refractivity contribution in [3.05, 3.63) is 41.3 Å². The van der Waals surface area contributed by atoms with Crippen LogP contribution in [0.15, 0.2) is 40.7 Å². The number of amidine groups is 1. The number of aliphatic imine (C=N–C) groups is 1. The molecule has 0 saturated heterocycles. The molecular formula is C16H23N5O3S2. The number of hydrogen-bond donors (Lipinski definition) is 4. The van der Waals surface area contributed by atoms with Gasteiger partial charge in [0, 0.05) is 12.1 Å². The van der Waals surface area contributed by atoms with Crippen LogP contribution < -0.4 is 20.9 Å². The minimum atomic E-state index is -3.67. The molecule has 1 aliphatic rings. The first-order valence-electron chi connectivity index (χ1n) is 8.14. The van der Waals surface area contributed by atoms with Crippen molar-refractivity contribution in [2.24, 2.45) is 15.9 Å². The topological polar surface area (TPSA) is 140 Å². The molecule has 0 saturated carbocycles. The Hall–Kier alpha value is -1.72. The van der Waals surface area contributed by atoms with E-state index in [1.165, 1.54) is 0 Å². The van der Waals surface area contributed by atoms with Crippen molar-refractivity contribution in [3.8, 4) is 0 Å². The fraction of sp³-hybridized carbons (Fsp3) is 0.375. The number of nitrogens with two attached hydrogens (primary N) is 2. The van der Waals surface area contributed by atoms with Gasteiger partial charge in [-0.05, 0) is 18.2 Å². The molecule has 0 bridgehead atoms. The zero-order valence-corrected chi connectivity index (χ0v) is 15.9. The van der Waals surface area contributed by atoms with Crippen LogP contribution in [0.5, 0.6) is 0 Å². The number of benzene rings is 1. The number of carbonyl (C=O) groups excluding carboxylic acids is 1. The largest absolute Gasteiger partial charge is 0.320 e. The second kappa shape index (κ2) is 9.83. The predicted molar refractivity (Wildman–Crippen MR) is 105 cm³/mol. The van der Waals surface area contributed by atoms with Crippen LogP contribution in [0.3, 0.4) is 0 Å². The van der Waals surface area contributed by atoms with E-state index in [1.54, 1.807) is 11.8 Å². The molecule has 8 nitrogen and oxygen atoms in total. The molecular weight excluding hydrogens is 374 g/mol. The molecule has 0 fully saturated rings. The minimum Gasteiger partial charge on any atom is -0.320 e. The molecule has 0 unspecified atom stereocenters. The van der Waals surface area contributed by atoms with Gasteiger partial charge in [0.1, 0.15) is 5.84 Å². The molecule has 2 rings (SSSR count). The van der Waals surface area contributed by atoms with Crippen LogP contribution in [0, 0.1) is 0 Å². The summed E-state index contributed by atoms with van der Waals surface area (Å²) in [5.74, 6) is 0.860. The Kier molecular flexibility index (Phi) is 7.79. The minimum absolute atomic E-state index is 0.224. The van der Waals surface area contributed by atoms with Gasteiger partial charge in [-0.25, -0.2) is 14.9 Å². The number of carbonyl (C=O) groups is 1. The van der Waals surface area contributed by atoms with E-state index in [9.17, 15) is 13.2 Å². The van der Waals surface area contributed by atoms with Gasteiger partial charge in [-0.15, -0.1) is 11.8 Å². The highest BCUT2D eigenvalue weighted by Gasteiger charge is 2.17. The first-order chi connectivity index (χ1) is 12.3. The third-order valence-corrected chi connectivity index (χ3v) is 5.03. The Morgan fingerprint density at radius 3 is 2.69 bits per heavy atom. The number of hydrogen-bond acceptors (Lipinski definition) is 6. The fourth-order valence-corrected chi connectivity index (χ4v) is 3.43. The molecule has 0 spiro atoms. The van der Waals surface area contributed by atoms with Crippen molar-refractivity contribution in [3.63, 3.8) is 0 Å². The Balaban J connectivity index is 1.79. The second-order valence-corrected chi connectivity index (χ2v) is 8.01. The summed E-state index contributed by atoms with van der Waals surface area (Å²) in [7, 11) is -3.67. The summed E-state index contributed by atoms with van der Waals surface area (Å²) >= 11 is 1.56. The van der Waals surface area contributed by atoms with Crippen LogP contribution >= 0.6 is 11.8 Å². The third kappa shape index (κ3) is 7.26. The lowest BCUT2D eigenvalue weighted by Crippen LogP contribution is -2.44. The van der Waals surface area contributed by atoms with Crippen LogP contribution in [-0.2, 0) is 15.0 Å². The normalized spacial score (nSPS) is 15.8. The third-order valence-electron chi connectivity index (χ3n) is 3.59. The lowest BCUT2D eigenvalue weighted by atomic mass is 10.1. The van der Waals surface area contributed by atoms with Crippen molar-refractivity contribution in [2.75, 3.05) is 12.3 Å². The Bertz CT molecular complexity index is 778. The molecule has 0 aliphatic carbocycles.